The standard InChI is InChI=1S/C15H20O4/c1-9(2)14(16)19-11-7-13-12(17-8-18-13)6-10(11)15(3,4)5/h6-7,9H,8H2,1-5H3. The average molecular weight is 264 g/mol. The third-order valence-corrected chi connectivity index (χ3v) is 2.96. The molecule has 1 aromatic carbocycles. The lowest BCUT2D eigenvalue weighted by molar-refractivity contribution is -0.137. The molecule has 104 valence electrons. The first-order chi connectivity index (χ1) is 8.79. The third kappa shape index (κ3) is 2.83. The van der Waals surface area contributed by atoms with Gasteiger partial charge in [-0.2, -0.15) is 0 Å². The molecule has 0 aromatic heterocycles. The van der Waals surface area contributed by atoms with E-state index >= 15 is 0 Å². The van der Waals surface area contributed by atoms with Crippen LogP contribution in [0.5, 0.6) is 17.2 Å². The zero-order valence-corrected chi connectivity index (χ0v) is 12.1. The summed E-state index contributed by atoms with van der Waals surface area (Å²) >= 11 is 0. The van der Waals surface area contributed by atoms with Crippen molar-refractivity contribution in [2.75, 3.05) is 6.79 Å². The predicted molar refractivity (Wildman–Crippen MR) is 71.7 cm³/mol. The fourth-order valence-electron chi connectivity index (χ4n) is 1.82. The van der Waals surface area contributed by atoms with Gasteiger partial charge in [-0.3, -0.25) is 4.79 Å². The molecule has 1 heterocycles. The van der Waals surface area contributed by atoms with E-state index in [9.17, 15) is 4.79 Å². The molecule has 0 radical (unpaired) electrons. The van der Waals surface area contributed by atoms with Gasteiger partial charge in [0.1, 0.15) is 5.75 Å². The van der Waals surface area contributed by atoms with Crippen LogP contribution >= 0.6 is 0 Å². The fourth-order valence-corrected chi connectivity index (χ4v) is 1.82. The molecule has 0 amide bonds. The number of fused-ring (bicyclic) bond motifs is 1. The molecule has 0 atom stereocenters. The second-order valence-electron chi connectivity index (χ2n) is 6.03. The monoisotopic (exact) mass is 264 g/mol. The molecule has 0 spiro atoms. The van der Waals surface area contributed by atoms with Crippen LogP contribution in [-0.4, -0.2) is 12.8 Å². The maximum Gasteiger partial charge on any atom is 0.313 e. The molecular weight excluding hydrogens is 244 g/mol. The van der Waals surface area contributed by atoms with E-state index in [2.05, 4.69) is 20.8 Å². The molecule has 1 aromatic rings. The van der Waals surface area contributed by atoms with Crippen LogP contribution in [0.3, 0.4) is 0 Å². The molecule has 1 aliphatic rings. The van der Waals surface area contributed by atoms with Gasteiger partial charge >= 0.3 is 5.97 Å². The Balaban J connectivity index is 2.43. The van der Waals surface area contributed by atoms with E-state index in [0.29, 0.717) is 17.2 Å². The van der Waals surface area contributed by atoms with E-state index < -0.39 is 0 Å². The maximum absolute atomic E-state index is 11.8. The number of benzene rings is 1. The maximum atomic E-state index is 11.8. The predicted octanol–water partition coefficient (Wildman–Crippen LogP) is 3.27. The first-order valence-electron chi connectivity index (χ1n) is 6.45. The van der Waals surface area contributed by atoms with Gasteiger partial charge in [0, 0.05) is 11.6 Å². The van der Waals surface area contributed by atoms with Crippen LogP contribution in [0.1, 0.15) is 40.2 Å². The van der Waals surface area contributed by atoms with Gasteiger partial charge in [0.2, 0.25) is 6.79 Å². The summed E-state index contributed by atoms with van der Waals surface area (Å²) in [6.07, 6.45) is 0. The number of rotatable bonds is 2. The topological polar surface area (TPSA) is 44.8 Å². The van der Waals surface area contributed by atoms with Gasteiger partial charge in [0.05, 0.1) is 5.92 Å². The van der Waals surface area contributed by atoms with Crippen LogP contribution in [0.2, 0.25) is 0 Å². The summed E-state index contributed by atoms with van der Waals surface area (Å²) in [5, 5.41) is 0. The molecule has 0 N–H and O–H groups in total. The molecule has 0 saturated carbocycles. The largest absolute Gasteiger partial charge is 0.454 e. The van der Waals surface area contributed by atoms with Crippen molar-refractivity contribution in [3.8, 4) is 17.2 Å². The number of carbonyl (C=O) groups is 1. The first kappa shape index (κ1) is 13.7. The summed E-state index contributed by atoms with van der Waals surface area (Å²) < 4.78 is 16.2. The Bertz CT molecular complexity index is 498. The summed E-state index contributed by atoms with van der Waals surface area (Å²) in [7, 11) is 0. The Hall–Kier alpha value is -1.71. The highest BCUT2D eigenvalue weighted by Crippen LogP contribution is 2.42. The molecule has 2 rings (SSSR count). The van der Waals surface area contributed by atoms with Gasteiger partial charge in [0.15, 0.2) is 11.5 Å². The second kappa shape index (κ2) is 4.76. The highest BCUT2D eigenvalue weighted by atomic mass is 16.7. The van der Waals surface area contributed by atoms with Gasteiger partial charge in [-0.15, -0.1) is 0 Å². The molecule has 0 fully saturated rings. The van der Waals surface area contributed by atoms with Crippen LogP contribution in [-0.2, 0) is 10.2 Å². The fraction of sp³-hybridized carbons (Fsp3) is 0.533. The van der Waals surface area contributed by atoms with E-state index in [4.69, 9.17) is 14.2 Å². The zero-order chi connectivity index (χ0) is 14.2. The lowest BCUT2D eigenvalue weighted by Crippen LogP contribution is -2.19. The lowest BCUT2D eigenvalue weighted by Gasteiger charge is -2.23. The van der Waals surface area contributed by atoms with Gasteiger partial charge in [-0.05, 0) is 11.5 Å². The second-order valence-corrected chi connectivity index (χ2v) is 6.03. The minimum atomic E-state index is -0.246. The summed E-state index contributed by atoms with van der Waals surface area (Å²) in [5.41, 5.74) is 0.791. The third-order valence-electron chi connectivity index (χ3n) is 2.96. The zero-order valence-electron chi connectivity index (χ0n) is 12.1. The molecule has 0 aliphatic carbocycles. The van der Waals surface area contributed by atoms with Crippen LogP contribution in [0.4, 0.5) is 0 Å². The van der Waals surface area contributed by atoms with Crippen molar-refractivity contribution in [3.05, 3.63) is 17.7 Å². The SMILES string of the molecule is CC(C)C(=O)Oc1cc2c(cc1C(C)(C)C)OCO2. The minimum absolute atomic E-state index is 0.145. The average Bonchev–Trinajstić information content (AvgIpc) is 2.73. The van der Waals surface area contributed by atoms with Crippen molar-refractivity contribution in [1.82, 2.24) is 0 Å². The van der Waals surface area contributed by atoms with Crippen molar-refractivity contribution in [2.45, 2.75) is 40.0 Å². The van der Waals surface area contributed by atoms with E-state index in [1.807, 2.05) is 19.9 Å². The van der Waals surface area contributed by atoms with E-state index in [1.165, 1.54) is 0 Å². The normalized spacial score (nSPS) is 13.8. The quantitative estimate of drug-likeness (QED) is 0.607. The van der Waals surface area contributed by atoms with E-state index in [0.717, 1.165) is 5.56 Å². The van der Waals surface area contributed by atoms with Crippen molar-refractivity contribution < 1.29 is 19.0 Å². The Labute approximate surface area is 113 Å². The molecular formula is C15H20O4. The Morgan fingerprint density at radius 3 is 2.32 bits per heavy atom. The smallest absolute Gasteiger partial charge is 0.313 e. The van der Waals surface area contributed by atoms with Crippen LogP contribution in [0.15, 0.2) is 12.1 Å². The van der Waals surface area contributed by atoms with Gasteiger partial charge in [0.25, 0.3) is 0 Å². The van der Waals surface area contributed by atoms with Gasteiger partial charge in [-0.1, -0.05) is 34.6 Å². The molecule has 0 saturated heterocycles. The molecule has 4 nitrogen and oxygen atoms in total. The number of hydrogen-bond acceptors (Lipinski definition) is 4. The molecule has 0 unspecified atom stereocenters. The van der Waals surface area contributed by atoms with Crippen molar-refractivity contribution in [3.63, 3.8) is 0 Å². The Morgan fingerprint density at radius 2 is 1.79 bits per heavy atom. The molecule has 19 heavy (non-hydrogen) atoms. The van der Waals surface area contributed by atoms with E-state index in [-0.39, 0.29) is 24.1 Å². The van der Waals surface area contributed by atoms with Crippen molar-refractivity contribution >= 4 is 5.97 Å². The highest BCUT2D eigenvalue weighted by Gasteiger charge is 2.26. The summed E-state index contributed by atoms with van der Waals surface area (Å²) in [4.78, 5) is 11.8. The summed E-state index contributed by atoms with van der Waals surface area (Å²) in [6.45, 7) is 10.0. The van der Waals surface area contributed by atoms with E-state index in [1.54, 1.807) is 6.07 Å². The van der Waals surface area contributed by atoms with Crippen molar-refractivity contribution in [1.29, 1.82) is 0 Å². The summed E-state index contributed by atoms with van der Waals surface area (Å²) in [5.74, 6) is 1.46. The van der Waals surface area contributed by atoms with Crippen LogP contribution < -0.4 is 14.2 Å². The number of hydrogen-bond donors (Lipinski definition) is 0. The first-order valence-corrected chi connectivity index (χ1v) is 6.45. The Morgan fingerprint density at radius 1 is 1.21 bits per heavy atom. The van der Waals surface area contributed by atoms with Crippen molar-refractivity contribution in [2.24, 2.45) is 5.92 Å². The molecule has 0 bridgehead atoms. The molecule has 1 aliphatic heterocycles. The highest BCUT2D eigenvalue weighted by molar-refractivity contribution is 5.75. The van der Waals surface area contributed by atoms with Gasteiger partial charge < -0.3 is 14.2 Å². The number of esters is 1. The van der Waals surface area contributed by atoms with Crippen LogP contribution in [0, 0.1) is 5.92 Å². The van der Waals surface area contributed by atoms with Gasteiger partial charge in [-0.25, -0.2) is 0 Å². The number of carbonyl (C=O) groups excluding carboxylic acids is 1. The molecule has 4 heteroatoms. The summed E-state index contributed by atoms with van der Waals surface area (Å²) in [6, 6.07) is 3.63. The lowest BCUT2D eigenvalue weighted by atomic mass is 9.86. The minimum Gasteiger partial charge on any atom is -0.454 e. The van der Waals surface area contributed by atoms with Crippen LogP contribution in [0.25, 0.3) is 0 Å². The number of ether oxygens (including phenoxy) is 3. The Kier molecular flexibility index (Phi) is 3.43.